The van der Waals surface area contributed by atoms with Crippen molar-refractivity contribution < 1.29 is 19.7 Å². The van der Waals surface area contributed by atoms with E-state index in [0.717, 1.165) is 0 Å². The van der Waals surface area contributed by atoms with Crippen LogP contribution in [0.1, 0.15) is 31.9 Å². The number of ether oxygens (including phenoxy) is 1. The highest BCUT2D eigenvalue weighted by molar-refractivity contribution is 6.30. The fourth-order valence-electron chi connectivity index (χ4n) is 1.65. The van der Waals surface area contributed by atoms with E-state index in [0.29, 0.717) is 16.3 Å². The second kappa shape index (κ2) is 5.59. The summed E-state index contributed by atoms with van der Waals surface area (Å²) in [6, 6.07) is 4.89. The summed E-state index contributed by atoms with van der Waals surface area (Å²) in [5.41, 5.74) is -0.522. The lowest BCUT2D eigenvalue weighted by Gasteiger charge is -2.24. The Balaban J connectivity index is 3.00. The molecule has 0 fully saturated rings. The predicted molar refractivity (Wildman–Crippen MR) is 69.0 cm³/mol. The van der Waals surface area contributed by atoms with Crippen LogP contribution in [0.3, 0.4) is 0 Å². The summed E-state index contributed by atoms with van der Waals surface area (Å²) in [5, 5.41) is 19.7. The number of carbonyl (C=O) groups is 1. The van der Waals surface area contributed by atoms with Crippen LogP contribution in [0.25, 0.3) is 0 Å². The van der Waals surface area contributed by atoms with Gasteiger partial charge in [0.2, 0.25) is 0 Å². The second-order valence-electron chi connectivity index (χ2n) is 4.80. The number of carboxylic acids is 1. The van der Waals surface area contributed by atoms with Gasteiger partial charge in [-0.15, -0.1) is 0 Å². The molecule has 100 valence electrons. The highest BCUT2D eigenvalue weighted by Crippen LogP contribution is 2.35. The maximum atomic E-state index is 11.0. The first-order valence-corrected chi connectivity index (χ1v) is 5.90. The number of aliphatic hydroxyl groups excluding tert-OH is 1. The van der Waals surface area contributed by atoms with Crippen molar-refractivity contribution >= 4 is 17.6 Å². The third kappa shape index (κ3) is 3.37. The third-order valence-electron chi connectivity index (χ3n) is 2.83. The Morgan fingerprint density at radius 2 is 2.11 bits per heavy atom. The first-order valence-electron chi connectivity index (χ1n) is 5.53. The Labute approximate surface area is 111 Å². The molecule has 1 rings (SSSR count). The molecule has 1 aromatic rings. The molecule has 0 radical (unpaired) electrons. The van der Waals surface area contributed by atoms with Crippen molar-refractivity contribution in [1.82, 2.24) is 0 Å². The van der Waals surface area contributed by atoms with Crippen LogP contribution in [0.5, 0.6) is 5.75 Å². The maximum Gasteiger partial charge on any atom is 0.309 e. The van der Waals surface area contributed by atoms with E-state index in [-0.39, 0.29) is 6.42 Å². The Hall–Kier alpha value is -1.26. The molecular weight excluding hydrogens is 256 g/mol. The van der Waals surface area contributed by atoms with E-state index < -0.39 is 17.5 Å². The van der Waals surface area contributed by atoms with E-state index in [4.69, 9.17) is 21.4 Å². The van der Waals surface area contributed by atoms with Crippen molar-refractivity contribution in [3.63, 3.8) is 0 Å². The number of benzene rings is 1. The standard InChI is InChI=1S/C13H17ClO4/c1-13(2,12(16)17)7-10(15)9-6-8(14)4-5-11(9)18-3/h4-6,10,15H,7H2,1-3H3,(H,16,17). The van der Waals surface area contributed by atoms with E-state index >= 15 is 0 Å². The van der Waals surface area contributed by atoms with Crippen molar-refractivity contribution in [1.29, 1.82) is 0 Å². The zero-order valence-electron chi connectivity index (χ0n) is 10.6. The molecule has 0 aliphatic heterocycles. The van der Waals surface area contributed by atoms with Crippen LogP contribution in [-0.4, -0.2) is 23.3 Å². The van der Waals surface area contributed by atoms with Gasteiger partial charge in [0.05, 0.1) is 18.6 Å². The average Bonchev–Trinajstić information content (AvgIpc) is 2.28. The minimum absolute atomic E-state index is 0.0824. The van der Waals surface area contributed by atoms with Crippen molar-refractivity contribution in [3.8, 4) is 5.75 Å². The van der Waals surface area contributed by atoms with Gasteiger partial charge in [-0.2, -0.15) is 0 Å². The largest absolute Gasteiger partial charge is 0.496 e. The normalized spacial score (nSPS) is 13.2. The summed E-state index contributed by atoms with van der Waals surface area (Å²) >= 11 is 5.87. The summed E-state index contributed by atoms with van der Waals surface area (Å²) in [6.07, 6.45) is -0.858. The zero-order chi connectivity index (χ0) is 13.9. The van der Waals surface area contributed by atoms with Gasteiger partial charge in [-0.25, -0.2) is 0 Å². The molecule has 0 saturated heterocycles. The third-order valence-corrected chi connectivity index (χ3v) is 3.07. The van der Waals surface area contributed by atoms with Gasteiger partial charge in [-0.3, -0.25) is 4.79 Å². The van der Waals surface area contributed by atoms with E-state index in [2.05, 4.69) is 0 Å². The van der Waals surface area contributed by atoms with Crippen LogP contribution in [0.15, 0.2) is 18.2 Å². The molecule has 1 unspecified atom stereocenters. The highest BCUT2D eigenvalue weighted by Gasteiger charge is 2.31. The van der Waals surface area contributed by atoms with Crippen molar-refractivity contribution in [2.75, 3.05) is 7.11 Å². The van der Waals surface area contributed by atoms with Gasteiger partial charge < -0.3 is 14.9 Å². The SMILES string of the molecule is COc1ccc(Cl)cc1C(O)CC(C)(C)C(=O)O. The molecule has 0 aliphatic rings. The van der Waals surface area contributed by atoms with Crippen LogP contribution in [0.2, 0.25) is 5.02 Å². The van der Waals surface area contributed by atoms with Crippen LogP contribution >= 0.6 is 11.6 Å². The lowest BCUT2D eigenvalue weighted by molar-refractivity contribution is -0.148. The molecule has 2 N–H and O–H groups in total. The average molecular weight is 273 g/mol. The molecule has 4 nitrogen and oxygen atoms in total. The number of aliphatic hydroxyl groups is 1. The number of hydrogen-bond donors (Lipinski definition) is 2. The van der Waals surface area contributed by atoms with Crippen LogP contribution in [0.4, 0.5) is 0 Å². The van der Waals surface area contributed by atoms with Gasteiger partial charge in [0, 0.05) is 10.6 Å². The monoisotopic (exact) mass is 272 g/mol. The van der Waals surface area contributed by atoms with Crippen molar-refractivity contribution in [2.45, 2.75) is 26.4 Å². The minimum atomic E-state index is -1.02. The van der Waals surface area contributed by atoms with E-state index in [1.165, 1.54) is 7.11 Å². The molecular formula is C13H17ClO4. The fraction of sp³-hybridized carbons (Fsp3) is 0.462. The summed E-state index contributed by atoms with van der Waals surface area (Å²) in [4.78, 5) is 11.0. The van der Waals surface area contributed by atoms with Gasteiger partial charge >= 0.3 is 5.97 Å². The first kappa shape index (κ1) is 14.8. The van der Waals surface area contributed by atoms with Crippen LogP contribution in [0, 0.1) is 5.41 Å². The van der Waals surface area contributed by atoms with Crippen molar-refractivity contribution in [3.05, 3.63) is 28.8 Å². The lowest BCUT2D eigenvalue weighted by Crippen LogP contribution is -2.26. The topological polar surface area (TPSA) is 66.8 Å². The van der Waals surface area contributed by atoms with E-state index in [9.17, 15) is 9.90 Å². The number of methoxy groups -OCH3 is 1. The predicted octanol–water partition coefficient (Wildman–Crippen LogP) is 2.88. The maximum absolute atomic E-state index is 11.0. The Morgan fingerprint density at radius 3 is 2.61 bits per heavy atom. The molecule has 0 heterocycles. The quantitative estimate of drug-likeness (QED) is 0.865. The molecule has 0 saturated carbocycles. The number of rotatable bonds is 5. The van der Waals surface area contributed by atoms with Gasteiger partial charge in [0.25, 0.3) is 0 Å². The number of hydrogen-bond acceptors (Lipinski definition) is 3. The smallest absolute Gasteiger partial charge is 0.309 e. The fourth-order valence-corrected chi connectivity index (χ4v) is 1.83. The Bertz CT molecular complexity index is 443. The molecule has 0 aromatic heterocycles. The molecule has 0 spiro atoms. The molecule has 5 heteroatoms. The summed E-state index contributed by atoms with van der Waals surface area (Å²) in [6.45, 7) is 3.13. The first-order chi connectivity index (χ1) is 8.27. The van der Waals surface area contributed by atoms with Gasteiger partial charge in [0.15, 0.2) is 0 Å². The van der Waals surface area contributed by atoms with Gasteiger partial charge in [-0.1, -0.05) is 11.6 Å². The van der Waals surface area contributed by atoms with Gasteiger partial charge in [-0.05, 0) is 38.5 Å². The number of halogens is 1. The minimum Gasteiger partial charge on any atom is -0.496 e. The summed E-state index contributed by atoms with van der Waals surface area (Å²) in [5.74, 6) is -0.462. The molecule has 0 bridgehead atoms. The van der Waals surface area contributed by atoms with E-state index in [1.807, 2.05) is 0 Å². The summed E-state index contributed by atoms with van der Waals surface area (Å²) < 4.78 is 5.13. The van der Waals surface area contributed by atoms with Crippen molar-refractivity contribution in [2.24, 2.45) is 5.41 Å². The van der Waals surface area contributed by atoms with E-state index in [1.54, 1.807) is 32.0 Å². The number of carboxylic acid groups (broad SMARTS) is 1. The zero-order valence-corrected chi connectivity index (χ0v) is 11.4. The summed E-state index contributed by atoms with van der Waals surface area (Å²) in [7, 11) is 1.49. The lowest BCUT2D eigenvalue weighted by atomic mass is 9.84. The number of aliphatic carboxylic acids is 1. The molecule has 18 heavy (non-hydrogen) atoms. The molecule has 0 amide bonds. The van der Waals surface area contributed by atoms with Crippen LogP contribution in [-0.2, 0) is 4.79 Å². The van der Waals surface area contributed by atoms with Crippen LogP contribution < -0.4 is 4.74 Å². The molecule has 0 aliphatic carbocycles. The molecule has 1 atom stereocenters. The molecule has 1 aromatic carbocycles. The Morgan fingerprint density at radius 1 is 1.50 bits per heavy atom. The van der Waals surface area contributed by atoms with Gasteiger partial charge in [0.1, 0.15) is 5.75 Å². The highest BCUT2D eigenvalue weighted by atomic mass is 35.5. The second-order valence-corrected chi connectivity index (χ2v) is 5.23. The Kier molecular flexibility index (Phi) is 4.59.